The molecule has 1 aromatic rings. The summed E-state index contributed by atoms with van der Waals surface area (Å²) in [4.78, 5) is 12.3. The minimum Gasteiger partial charge on any atom is -0.392 e. The van der Waals surface area contributed by atoms with E-state index in [1.165, 1.54) is 18.2 Å². The lowest BCUT2D eigenvalue weighted by molar-refractivity contribution is -0.125. The third kappa shape index (κ3) is 2.08. The molecular weight excluding hydrogens is 275 g/mol. The molecule has 0 aromatic heterocycles. The van der Waals surface area contributed by atoms with Crippen LogP contribution in [-0.4, -0.2) is 10.9 Å². The monoisotopic (exact) mass is 286 g/mol. The fraction of sp³-hybridized carbons (Fsp3) is 0.333. The molecule has 2 rings (SSSR count). The predicted octanol–water partition coefficient (Wildman–Crippen LogP) is 2.87. The van der Waals surface area contributed by atoms with Crippen molar-refractivity contribution in [2.45, 2.75) is 19.3 Å². The van der Waals surface area contributed by atoms with E-state index >= 15 is 0 Å². The molecule has 3 N–H and O–H groups in total. The molecule has 1 aliphatic carbocycles. The van der Waals surface area contributed by atoms with E-state index in [2.05, 4.69) is 5.32 Å². The van der Waals surface area contributed by atoms with E-state index in [4.69, 9.17) is 29.6 Å². The average Bonchev–Trinajstić information content (AvgIpc) is 2.21. The molecule has 0 saturated heterocycles. The zero-order valence-corrected chi connectivity index (χ0v) is 11.1. The van der Waals surface area contributed by atoms with Crippen molar-refractivity contribution >= 4 is 40.4 Å². The molecule has 1 amide bonds. The van der Waals surface area contributed by atoms with Gasteiger partial charge in [-0.1, -0.05) is 36.3 Å². The van der Waals surface area contributed by atoms with Gasteiger partial charge in [-0.3, -0.25) is 4.79 Å². The van der Waals surface area contributed by atoms with Gasteiger partial charge in [-0.2, -0.15) is 0 Å². The highest BCUT2D eigenvalue weighted by molar-refractivity contribution is 7.80. The summed E-state index contributed by atoms with van der Waals surface area (Å²) in [6.07, 6.45) is 2.08. The van der Waals surface area contributed by atoms with Crippen molar-refractivity contribution in [3.05, 3.63) is 29.0 Å². The van der Waals surface area contributed by atoms with Gasteiger partial charge in [0.25, 0.3) is 0 Å². The smallest absolute Gasteiger partial charge is 0.237 e. The molecule has 0 aliphatic heterocycles. The number of hydrogen-bond donors (Lipinski definition) is 2. The molecule has 1 aromatic carbocycles. The van der Waals surface area contributed by atoms with Crippen LogP contribution in [0, 0.1) is 11.2 Å². The van der Waals surface area contributed by atoms with Gasteiger partial charge in [0.05, 0.1) is 21.1 Å². The van der Waals surface area contributed by atoms with Crippen LogP contribution in [0.1, 0.15) is 19.3 Å². The normalized spacial score (nSPS) is 16.8. The van der Waals surface area contributed by atoms with Crippen molar-refractivity contribution < 1.29 is 9.18 Å². The highest BCUT2D eigenvalue weighted by Crippen LogP contribution is 2.42. The average molecular weight is 287 g/mol. The van der Waals surface area contributed by atoms with Gasteiger partial charge < -0.3 is 11.1 Å². The molecule has 1 aliphatic rings. The van der Waals surface area contributed by atoms with E-state index < -0.39 is 11.2 Å². The summed E-state index contributed by atoms with van der Waals surface area (Å²) in [5.74, 6) is -0.957. The van der Waals surface area contributed by atoms with Crippen LogP contribution in [0.25, 0.3) is 0 Å². The van der Waals surface area contributed by atoms with Crippen LogP contribution in [0.3, 0.4) is 0 Å². The van der Waals surface area contributed by atoms with Crippen LogP contribution in [0.15, 0.2) is 18.2 Å². The second kappa shape index (κ2) is 4.82. The molecule has 6 heteroatoms. The van der Waals surface area contributed by atoms with Gasteiger partial charge in [-0.25, -0.2) is 4.39 Å². The van der Waals surface area contributed by atoms with E-state index in [-0.39, 0.29) is 21.6 Å². The lowest BCUT2D eigenvalue weighted by Crippen LogP contribution is -2.50. The lowest BCUT2D eigenvalue weighted by Gasteiger charge is -2.39. The number of rotatable bonds is 3. The summed E-state index contributed by atoms with van der Waals surface area (Å²) >= 11 is 10.8. The van der Waals surface area contributed by atoms with Crippen molar-refractivity contribution in [2.24, 2.45) is 11.1 Å². The Morgan fingerprint density at radius 3 is 2.61 bits per heavy atom. The van der Waals surface area contributed by atoms with Crippen LogP contribution in [0.4, 0.5) is 10.1 Å². The number of carbonyl (C=O) groups is 1. The fourth-order valence-corrected chi connectivity index (χ4v) is 2.47. The molecule has 0 heterocycles. The Morgan fingerprint density at radius 2 is 2.17 bits per heavy atom. The SMILES string of the molecule is NC(=S)C1(C(=O)Nc2c(F)cccc2Cl)CCC1. The van der Waals surface area contributed by atoms with Gasteiger partial charge in [-0.05, 0) is 25.0 Å². The van der Waals surface area contributed by atoms with E-state index in [0.717, 1.165) is 6.42 Å². The Kier molecular flexibility index (Phi) is 3.54. The zero-order chi connectivity index (χ0) is 13.3. The van der Waals surface area contributed by atoms with Gasteiger partial charge in [0, 0.05) is 0 Å². The number of thiocarbonyl (C=S) groups is 1. The molecule has 96 valence electrons. The third-order valence-corrected chi connectivity index (χ3v) is 4.02. The zero-order valence-electron chi connectivity index (χ0n) is 9.50. The number of nitrogens with two attached hydrogens (primary N) is 1. The third-order valence-electron chi connectivity index (χ3n) is 3.31. The second-order valence-corrected chi connectivity index (χ2v) is 5.20. The Hall–Kier alpha value is -1.20. The first kappa shape index (κ1) is 13.2. The number of benzene rings is 1. The van der Waals surface area contributed by atoms with Crippen LogP contribution >= 0.6 is 23.8 Å². The fourth-order valence-electron chi connectivity index (χ4n) is 1.97. The Labute approximate surface area is 114 Å². The first-order valence-electron chi connectivity index (χ1n) is 5.53. The summed E-state index contributed by atoms with van der Waals surface area (Å²) in [5.41, 5.74) is 4.74. The molecule has 3 nitrogen and oxygen atoms in total. The minimum atomic E-state index is -0.846. The molecule has 1 saturated carbocycles. The summed E-state index contributed by atoms with van der Waals surface area (Å²) in [7, 11) is 0. The van der Waals surface area contributed by atoms with Gasteiger partial charge in [0.2, 0.25) is 5.91 Å². The molecule has 0 atom stereocenters. The summed E-state index contributed by atoms with van der Waals surface area (Å²) in [5, 5.41) is 2.64. The van der Waals surface area contributed by atoms with Crippen molar-refractivity contribution in [1.29, 1.82) is 0 Å². The van der Waals surface area contributed by atoms with Crippen molar-refractivity contribution in [3.63, 3.8) is 0 Å². The molecule has 18 heavy (non-hydrogen) atoms. The van der Waals surface area contributed by atoms with E-state index in [1.807, 2.05) is 0 Å². The van der Waals surface area contributed by atoms with E-state index in [9.17, 15) is 9.18 Å². The number of amides is 1. The molecule has 0 bridgehead atoms. The highest BCUT2D eigenvalue weighted by atomic mass is 35.5. The molecule has 0 unspecified atom stereocenters. The molecule has 0 spiro atoms. The number of carbonyl (C=O) groups excluding carboxylic acids is 1. The largest absolute Gasteiger partial charge is 0.392 e. The van der Waals surface area contributed by atoms with Gasteiger partial charge in [0.15, 0.2) is 0 Å². The number of hydrogen-bond acceptors (Lipinski definition) is 2. The maximum absolute atomic E-state index is 13.6. The van der Waals surface area contributed by atoms with Crippen molar-refractivity contribution in [3.8, 4) is 0 Å². The number of anilines is 1. The predicted molar refractivity (Wildman–Crippen MR) is 73.1 cm³/mol. The van der Waals surface area contributed by atoms with Crippen LogP contribution < -0.4 is 11.1 Å². The quantitative estimate of drug-likeness (QED) is 0.840. The number of nitrogens with one attached hydrogen (secondary N) is 1. The standard InChI is InChI=1S/C12H12ClFN2OS/c13-7-3-1-4-8(14)9(7)16-11(17)12(10(15)18)5-2-6-12/h1,3-4H,2,5-6H2,(H2,15,18)(H,16,17). The number of para-hydroxylation sites is 1. The van der Waals surface area contributed by atoms with Gasteiger partial charge in [-0.15, -0.1) is 0 Å². The summed E-state index contributed by atoms with van der Waals surface area (Å²) in [6.45, 7) is 0. The minimum absolute atomic E-state index is 0.0216. The van der Waals surface area contributed by atoms with Crippen LogP contribution in [0.2, 0.25) is 5.02 Å². The van der Waals surface area contributed by atoms with Crippen molar-refractivity contribution in [2.75, 3.05) is 5.32 Å². The van der Waals surface area contributed by atoms with Gasteiger partial charge in [0.1, 0.15) is 5.82 Å². The Balaban J connectivity index is 2.24. The topological polar surface area (TPSA) is 55.1 Å². The first-order chi connectivity index (χ1) is 8.47. The maximum atomic E-state index is 13.6. The molecule has 0 radical (unpaired) electrons. The summed E-state index contributed by atoms with van der Waals surface area (Å²) in [6, 6.07) is 4.21. The second-order valence-electron chi connectivity index (χ2n) is 4.35. The van der Waals surface area contributed by atoms with E-state index in [0.29, 0.717) is 12.8 Å². The van der Waals surface area contributed by atoms with Gasteiger partial charge >= 0.3 is 0 Å². The lowest BCUT2D eigenvalue weighted by atomic mass is 9.68. The summed E-state index contributed by atoms with van der Waals surface area (Å²) < 4.78 is 13.6. The van der Waals surface area contributed by atoms with Crippen LogP contribution in [0.5, 0.6) is 0 Å². The maximum Gasteiger partial charge on any atom is 0.237 e. The first-order valence-corrected chi connectivity index (χ1v) is 6.31. The Bertz CT molecular complexity index is 497. The number of halogens is 2. The Morgan fingerprint density at radius 1 is 1.50 bits per heavy atom. The van der Waals surface area contributed by atoms with Crippen LogP contribution in [-0.2, 0) is 4.79 Å². The molecule has 1 fully saturated rings. The van der Waals surface area contributed by atoms with Crippen molar-refractivity contribution in [1.82, 2.24) is 0 Å². The van der Waals surface area contributed by atoms with E-state index in [1.54, 1.807) is 0 Å². The molecular formula is C12H12ClFN2OS. The highest BCUT2D eigenvalue weighted by Gasteiger charge is 2.47.